The van der Waals surface area contributed by atoms with E-state index in [1.807, 2.05) is 61.5 Å². The summed E-state index contributed by atoms with van der Waals surface area (Å²) in [5, 5.41) is 0. The summed E-state index contributed by atoms with van der Waals surface area (Å²) >= 11 is 0. The monoisotopic (exact) mass is 341 g/mol. The Labute approximate surface area is 150 Å². The molecular formula is C21H27NO3. The van der Waals surface area contributed by atoms with Crippen LogP contribution in [0.2, 0.25) is 0 Å². The van der Waals surface area contributed by atoms with Gasteiger partial charge in [0.15, 0.2) is 0 Å². The molecule has 0 amide bonds. The summed E-state index contributed by atoms with van der Waals surface area (Å²) < 4.78 is 11.3. The number of likely N-dealkylation sites (N-methyl/N-ethyl adjacent to an activating group) is 1. The lowest BCUT2D eigenvalue weighted by atomic mass is 10.0. The summed E-state index contributed by atoms with van der Waals surface area (Å²) in [6, 6.07) is 17.2. The summed E-state index contributed by atoms with van der Waals surface area (Å²) in [4.78, 5) is 14.5. The maximum absolute atomic E-state index is 12.3. The second-order valence-electron chi connectivity index (χ2n) is 5.90. The van der Waals surface area contributed by atoms with Crippen molar-refractivity contribution in [3.63, 3.8) is 0 Å². The second kappa shape index (κ2) is 9.84. The van der Waals surface area contributed by atoms with Crippen molar-refractivity contribution >= 4 is 5.97 Å². The van der Waals surface area contributed by atoms with Crippen LogP contribution >= 0.6 is 0 Å². The Bertz CT molecular complexity index is 653. The minimum absolute atomic E-state index is 0.205. The highest BCUT2D eigenvalue weighted by atomic mass is 16.5. The van der Waals surface area contributed by atoms with E-state index in [4.69, 9.17) is 9.47 Å². The highest BCUT2D eigenvalue weighted by Gasteiger charge is 2.17. The van der Waals surface area contributed by atoms with Gasteiger partial charge in [0.05, 0.1) is 5.92 Å². The first-order valence-electron chi connectivity index (χ1n) is 8.85. The standard InChI is InChI=1S/C21H27NO3/c1-4-22(5-2)14-15-24-21(23)17(3)18-10-9-13-20(16-18)25-19-11-7-6-8-12-19/h6-13,16-17H,4-5,14-15H2,1-3H3. The maximum atomic E-state index is 12.3. The topological polar surface area (TPSA) is 38.8 Å². The second-order valence-corrected chi connectivity index (χ2v) is 5.90. The quantitative estimate of drug-likeness (QED) is 0.631. The van der Waals surface area contributed by atoms with Crippen LogP contribution in [0.4, 0.5) is 0 Å². The molecule has 2 aromatic rings. The number of hydrogen-bond acceptors (Lipinski definition) is 4. The highest BCUT2D eigenvalue weighted by Crippen LogP contribution is 2.25. The molecule has 2 aromatic carbocycles. The zero-order valence-electron chi connectivity index (χ0n) is 15.3. The van der Waals surface area contributed by atoms with Gasteiger partial charge in [0.25, 0.3) is 0 Å². The third-order valence-electron chi connectivity index (χ3n) is 4.24. The predicted octanol–water partition coefficient (Wildman–Crippen LogP) is 4.47. The van der Waals surface area contributed by atoms with E-state index in [9.17, 15) is 4.79 Å². The normalized spacial score (nSPS) is 12.0. The van der Waals surface area contributed by atoms with Crippen LogP contribution in [0.3, 0.4) is 0 Å². The molecule has 1 atom stereocenters. The van der Waals surface area contributed by atoms with Crippen molar-refractivity contribution in [1.82, 2.24) is 4.90 Å². The Balaban J connectivity index is 1.93. The van der Waals surface area contributed by atoms with Crippen molar-refractivity contribution < 1.29 is 14.3 Å². The fourth-order valence-corrected chi connectivity index (χ4v) is 2.55. The largest absolute Gasteiger partial charge is 0.464 e. The molecule has 2 rings (SSSR count). The van der Waals surface area contributed by atoms with Gasteiger partial charge < -0.3 is 14.4 Å². The molecule has 0 fully saturated rings. The van der Waals surface area contributed by atoms with Gasteiger partial charge in [-0.15, -0.1) is 0 Å². The molecule has 134 valence electrons. The van der Waals surface area contributed by atoms with Gasteiger partial charge in [-0.25, -0.2) is 0 Å². The Hall–Kier alpha value is -2.33. The number of esters is 1. The number of ether oxygens (including phenoxy) is 2. The van der Waals surface area contributed by atoms with E-state index in [0.29, 0.717) is 12.4 Å². The first-order chi connectivity index (χ1) is 12.1. The molecule has 0 aliphatic carbocycles. The number of benzene rings is 2. The van der Waals surface area contributed by atoms with E-state index in [2.05, 4.69) is 18.7 Å². The first kappa shape index (κ1) is 19.0. The molecule has 0 N–H and O–H groups in total. The summed E-state index contributed by atoms with van der Waals surface area (Å²) in [5.41, 5.74) is 0.890. The predicted molar refractivity (Wildman–Crippen MR) is 100 cm³/mol. The average Bonchev–Trinajstić information content (AvgIpc) is 2.65. The molecule has 1 unspecified atom stereocenters. The number of nitrogens with zero attached hydrogens (tertiary/aromatic N) is 1. The van der Waals surface area contributed by atoms with Crippen LogP contribution in [0, 0.1) is 0 Å². The number of para-hydroxylation sites is 1. The zero-order chi connectivity index (χ0) is 18.1. The molecule has 0 heterocycles. The van der Waals surface area contributed by atoms with E-state index in [-0.39, 0.29) is 11.9 Å². The van der Waals surface area contributed by atoms with Crippen molar-refractivity contribution in [2.45, 2.75) is 26.7 Å². The Morgan fingerprint density at radius 1 is 1.00 bits per heavy atom. The Kier molecular flexibility index (Phi) is 7.48. The minimum atomic E-state index is -0.323. The Morgan fingerprint density at radius 3 is 2.36 bits per heavy atom. The van der Waals surface area contributed by atoms with E-state index >= 15 is 0 Å². The third-order valence-corrected chi connectivity index (χ3v) is 4.24. The summed E-state index contributed by atoms with van der Waals surface area (Å²) in [6.07, 6.45) is 0. The average molecular weight is 341 g/mol. The van der Waals surface area contributed by atoms with Gasteiger partial charge in [-0.2, -0.15) is 0 Å². The highest BCUT2D eigenvalue weighted by molar-refractivity contribution is 5.77. The molecule has 0 saturated heterocycles. The van der Waals surface area contributed by atoms with Gasteiger partial charge in [-0.1, -0.05) is 44.2 Å². The van der Waals surface area contributed by atoms with Gasteiger partial charge >= 0.3 is 5.97 Å². The van der Waals surface area contributed by atoms with Crippen molar-refractivity contribution in [1.29, 1.82) is 0 Å². The minimum Gasteiger partial charge on any atom is -0.464 e. The Morgan fingerprint density at radius 2 is 1.68 bits per heavy atom. The fourth-order valence-electron chi connectivity index (χ4n) is 2.55. The van der Waals surface area contributed by atoms with Crippen LogP contribution in [-0.4, -0.2) is 37.1 Å². The molecule has 0 aliphatic heterocycles. The molecule has 0 spiro atoms. The van der Waals surface area contributed by atoms with Crippen molar-refractivity contribution in [3.8, 4) is 11.5 Å². The lowest BCUT2D eigenvalue weighted by Crippen LogP contribution is -2.28. The molecule has 25 heavy (non-hydrogen) atoms. The number of carbonyl (C=O) groups excluding carboxylic acids is 1. The van der Waals surface area contributed by atoms with Crippen molar-refractivity contribution in [2.75, 3.05) is 26.2 Å². The molecule has 0 aromatic heterocycles. The summed E-state index contributed by atoms with van der Waals surface area (Å²) in [6.45, 7) is 9.18. The van der Waals surface area contributed by atoms with Gasteiger partial charge in [0.1, 0.15) is 18.1 Å². The smallest absolute Gasteiger partial charge is 0.313 e. The van der Waals surface area contributed by atoms with Gasteiger partial charge in [0, 0.05) is 6.54 Å². The number of rotatable bonds is 9. The summed E-state index contributed by atoms with van der Waals surface area (Å²) in [5.74, 6) is 0.959. The summed E-state index contributed by atoms with van der Waals surface area (Å²) in [7, 11) is 0. The maximum Gasteiger partial charge on any atom is 0.313 e. The van der Waals surface area contributed by atoms with Crippen LogP contribution in [-0.2, 0) is 9.53 Å². The van der Waals surface area contributed by atoms with Crippen LogP contribution in [0.15, 0.2) is 54.6 Å². The first-order valence-corrected chi connectivity index (χ1v) is 8.85. The van der Waals surface area contributed by atoms with Crippen LogP contribution in [0.1, 0.15) is 32.3 Å². The van der Waals surface area contributed by atoms with Crippen LogP contribution in [0.25, 0.3) is 0 Å². The van der Waals surface area contributed by atoms with Gasteiger partial charge in [-0.3, -0.25) is 4.79 Å². The van der Waals surface area contributed by atoms with Crippen molar-refractivity contribution in [2.24, 2.45) is 0 Å². The number of carbonyl (C=O) groups is 1. The van der Waals surface area contributed by atoms with Gasteiger partial charge in [-0.05, 0) is 49.8 Å². The fraction of sp³-hybridized carbons (Fsp3) is 0.381. The molecule has 0 bridgehead atoms. The van der Waals surface area contributed by atoms with E-state index in [0.717, 1.165) is 30.9 Å². The SMILES string of the molecule is CCN(CC)CCOC(=O)C(C)c1cccc(Oc2ccccc2)c1. The lowest BCUT2D eigenvalue weighted by molar-refractivity contribution is -0.145. The van der Waals surface area contributed by atoms with Crippen LogP contribution in [0.5, 0.6) is 11.5 Å². The van der Waals surface area contributed by atoms with E-state index in [1.165, 1.54) is 0 Å². The molecular weight excluding hydrogens is 314 g/mol. The van der Waals surface area contributed by atoms with E-state index in [1.54, 1.807) is 0 Å². The molecule has 0 radical (unpaired) electrons. The zero-order valence-corrected chi connectivity index (χ0v) is 15.3. The van der Waals surface area contributed by atoms with Crippen molar-refractivity contribution in [3.05, 3.63) is 60.2 Å². The number of hydrogen-bond donors (Lipinski definition) is 0. The van der Waals surface area contributed by atoms with E-state index < -0.39 is 0 Å². The van der Waals surface area contributed by atoms with Gasteiger partial charge in [0.2, 0.25) is 0 Å². The van der Waals surface area contributed by atoms with Crippen LogP contribution < -0.4 is 4.74 Å². The lowest BCUT2D eigenvalue weighted by Gasteiger charge is -2.19. The molecule has 4 nitrogen and oxygen atoms in total. The third kappa shape index (κ3) is 5.91. The molecule has 0 saturated carbocycles. The molecule has 0 aliphatic rings. The molecule has 4 heteroatoms.